The Morgan fingerprint density at radius 1 is 0.980 bits per heavy atom. The van der Waals surface area contributed by atoms with Crippen LogP contribution in [-0.4, -0.2) is 58.4 Å². The number of aryl methyl sites for hydroxylation is 1. The molecule has 0 N–H and O–H groups in total. The molecule has 1 aliphatic heterocycles. The first kappa shape index (κ1) is 37.7. The van der Waals surface area contributed by atoms with Crippen LogP contribution in [-0.2, 0) is 32.5 Å². The van der Waals surface area contributed by atoms with Gasteiger partial charge < -0.3 is 18.9 Å². The fourth-order valence-electron chi connectivity index (χ4n) is 5.80. The molecule has 14 heteroatoms. The average molecular weight is 727 g/mol. The third-order valence-corrected chi connectivity index (χ3v) is 9.96. The number of rotatable bonds is 11. The number of nitrogens with zero attached hydrogens (tertiary/aromatic N) is 4. The van der Waals surface area contributed by atoms with Gasteiger partial charge in [-0.05, 0) is 76.6 Å². The van der Waals surface area contributed by atoms with Gasteiger partial charge in [0, 0.05) is 48.7 Å². The van der Waals surface area contributed by atoms with Crippen molar-refractivity contribution in [3.63, 3.8) is 0 Å². The number of halogens is 3. The molecule has 0 aliphatic carbocycles. The van der Waals surface area contributed by atoms with Gasteiger partial charge in [0.25, 0.3) is 5.56 Å². The van der Waals surface area contributed by atoms with Crippen LogP contribution in [0, 0.1) is 30.3 Å². The number of aromatic nitrogens is 3. The van der Waals surface area contributed by atoms with Crippen molar-refractivity contribution in [3.8, 4) is 11.3 Å². The summed E-state index contributed by atoms with van der Waals surface area (Å²) in [5.74, 6) is -2.96. The number of pyridine rings is 1. The first-order valence-corrected chi connectivity index (χ1v) is 18.3. The van der Waals surface area contributed by atoms with Crippen molar-refractivity contribution < 1.29 is 35.9 Å². The highest BCUT2D eigenvalue weighted by Crippen LogP contribution is 2.27. The third-order valence-electron chi connectivity index (χ3n) is 8.45. The van der Waals surface area contributed by atoms with Crippen LogP contribution in [0.5, 0.6) is 0 Å². The zero-order valence-electron chi connectivity index (χ0n) is 28.9. The zero-order chi connectivity index (χ0) is 36.9. The number of sulfone groups is 1. The highest BCUT2D eigenvalue weighted by Gasteiger charge is 2.28. The van der Waals surface area contributed by atoms with E-state index in [0.717, 1.165) is 18.2 Å². The van der Waals surface area contributed by atoms with Gasteiger partial charge in [-0.2, -0.15) is 0 Å². The van der Waals surface area contributed by atoms with E-state index in [1.807, 2.05) is 0 Å². The summed E-state index contributed by atoms with van der Waals surface area (Å²) in [4.78, 5) is 35.4. The summed E-state index contributed by atoms with van der Waals surface area (Å²) in [6, 6.07) is 14.5. The summed E-state index contributed by atoms with van der Waals surface area (Å²) in [6.45, 7) is 7.81. The predicted molar refractivity (Wildman–Crippen MR) is 184 cm³/mol. The van der Waals surface area contributed by atoms with E-state index in [0.29, 0.717) is 37.2 Å². The molecule has 1 atom stereocenters. The minimum absolute atomic E-state index is 0.0153. The quantitative estimate of drug-likeness (QED) is 0.155. The van der Waals surface area contributed by atoms with Crippen molar-refractivity contribution in [1.29, 1.82) is 0 Å². The lowest BCUT2D eigenvalue weighted by Gasteiger charge is -2.33. The van der Waals surface area contributed by atoms with E-state index in [1.54, 1.807) is 62.9 Å². The summed E-state index contributed by atoms with van der Waals surface area (Å²) in [5, 5.41) is -0.471. The largest absolute Gasteiger partial charge is 0.444 e. The molecule has 2 aromatic carbocycles. The van der Waals surface area contributed by atoms with Crippen LogP contribution in [0.2, 0.25) is 0 Å². The molecule has 1 aliphatic rings. The van der Waals surface area contributed by atoms with Gasteiger partial charge in [-0.3, -0.25) is 4.79 Å². The van der Waals surface area contributed by atoms with E-state index in [-0.39, 0.29) is 42.3 Å². The van der Waals surface area contributed by atoms with Gasteiger partial charge in [0.1, 0.15) is 17.2 Å². The van der Waals surface area contributed by atoms with Crippen molar-refractivity contribution in [2.45, 2.75) is 77.0 Å². The zero-order valence-corrected chi connectivity index (χ0v) is 29.8. The second-order valence-corrected chi connectivity index (χ2v) is 15.7. The fraction of sp³-hybridized carbons (Fsp3) is 0.405. The molecule has 2 aromatic heterocycles. The van der Waals surface area contributed by atoms with E-state index < -0.39 is 61.6 Å². The van der Waals surface area contributed by atoms with E-state index in [9.17, 15) is 26.8 Å². The molecule has 1 saturated heterocycles. The van der Waals surface area contributed by atoms with E-state index in [4.69, 9.17) is 9.47 Å². The lowest BCUT2D eigenvalue weighted by Crippen LogP contribution is -2.42. The van der Waals surface area contributed by atoms with Crippen LogP contribution in [0.4, 0.5) is 18.0 Å². The molecule has 3 heterocycles. The molecular weight excluding hydrogens is 685 g/mol. The minimum atomic E-state index is -4.12. The molecule has 51 heavy (non-hydrogen) atoms. The summed E-state index contributed by atoms with van der Waals surface area (Å²) >= 11 is 0. The van der Waals surface area contributed by atoms with Crippen LogP contribution in [0.1, 0.15) is 63.0 Å². The SMILES string of the molecule is Cc1cc(-c2cc(F)c(=O)n(CC3CCN(C(=O)OC(C)(C)C)CC3)c2)nc(S(=O)(=O)CCC(OCc2ccc(F)cc2F)c2ccccc2)n1. The maximum Gasteiger partial charge on any atom is 0.410 e. The Morgan fingerprint density at radius 2 is 1.69 bits per heavy atom. The number of piperidine rings is 1. The van der Waals surface area contributed by atoms with Crippen LogP contribution in [0.3, 0.4) is 0 Å². The molecule has 272 valence electrons. The van der Waals surface area contributed by atoms with Gasteiger partial charge in [0.2, 0.25) is 15.0 Å². The first-order valence-electron chi connectivity index (χ1n) is 16.6. The third kappa shape index (κ3) is 10.0. The van der Waals surface area contributed by atoms with E-state index in [1.165, 1.54) is 22.9 Å². The first-order chi connectivity index (χ1) is 24.1. The highest BCUT2D eigenvalue weighted by atomic mass is 32.2. The van der Waals surface area contributed by atoms with Crippen LogP contribution in [0.25, 0.3) is 11.3 Å². The average Bonchev–Trinajstić information content (AvgIpc) is 3.07. The number of hydrogen-bond donors (Lipinski definition) is 0. The number of carbonyl (C=O) groups excluding carboxylic acids is 1. The Kier molecular flexibility index (Phi) is 11.7. The summed E-state index contributed by atoms with van der Waals surface area (Å²) < 4.78 is 82.6. The summed E-state index contributed by atoms with van der Waals surface area (Å²) in [7, 11) is -4.12. The maximum absolute atomic E-state index is 15.0. The Morgan fingerprint density at radius 3 is 2.35 bits per heavy atom. The van der Waals surface area contributed by atoms with E-state index in [2.05, 4.69) is 9.97 Å². The van der Waals surface area contributed by atoms with Gasteiger partial charge >= 0.3 is 6.09 Å². The van der Waals surface area contributed by atoms with Crippen LogP contribution in [0.15, 0.2) is 76.8 Å². The molecule has 1 fully saturated rings. The van der Waals surface area contributed by atoms with Gasteiger partial charge in [-0.15, -0.1) is 0 Å². The van der Waals surface area contributed by atoms with Gasteiger partial charge in [-0.25, -0.2) is 36.4 Å². The number of benzene rings is 2. The number of ether oxygens (including phenoxy) is 2. The topological polar surface area (TPSA) is 121 Å². The number of carbonyl (C=O) groups is 1. The van der Waals surface area contributed by atoms with Gasteiger partial charge in [0.05, 0.1) is 24.2 Å². The second-order valence-electron chi connectivity index (χ2n) is 13.7. The number of amides is 1. The number of hydrogen-bond acceptors (Lipinski definition) is 8. The van der Waals surface area contributed by atoms with Gasteiger partial charge in [0.15, 0.2) is 5.82 Å². The van der Waals surface area contributed by atoms with Crippen molar-refractivity contribution >= 4 is 15.9 Å². The second kappa shape index (κ2) is 15.8. The molecular formula is C37H41F3N4O6S. The standard InChI is InChI=1S/C37H41F3N4O6S/c1-24-18-32(28-19-31(40)34(45)44(22-28)21-25-12-15-43(16-13-25)36(46)50-37(2,3)4)42-35(41-24)51(47,48)17-14-33(26-8-6-5-7-9-26)49-23-27-10-11-29(38)20-30(27)39/h5-11,18-20,22,25,33H,12-17,21,23H2,1-4H3. The molecule has 0 bridgehead atoms. The highest BCUT2D eigenvalue weighted by molar-refractivity contribution is 7.91. The summed E-state index contributed by atoms with van der Waals surface area (Å²) in [5.41, 5.74) is -0.0253. The lowest BCUT2D eigenvalue weighted by molar-refractivity contribution is 0.0177. The monoisotopic (exact) mass is 726 g/mol. The maximum atomic E-state index is 15.0. The van der Waals surface area contributed by atoms with Crippen LogP contribution < -0.4 is 5.56 Å². The Labute approximate surface area is 295 Å². The molecule has 0 spiro atoms. The summed E-state index contributed by atoms with van der Waals surface area (Å²) in [6.07, 6.45) is 1.42. The molecule has 5 rings (SSSR count). The van der Waals surface area contributed by atoms with Gasteiger partial charge in [-0.1, -0.05) is 36.4 Å². The Hall–Kier alpha value is -4.56. The fourth-order valence-corrected chi connectivity index (χ4v) is 7.03. The van der Waals surface area contributed by atoms with Crippen molar-refractivity contribution in [3.05, 3.63) is 111 Å². The lowest BCUT2D eigenvalue weighted by atomic mass is 9.97. The molecule has 0 radical (unpaired) electrons. The Bertz CT molecular complexity index is 2030. The van der Waals surface area contributed by atoms with Crippen molar-refractivity contribution in [2.75, 3.05) is 18.8 Å². The number of likely N-dealkylation sites (tertiary alicyclic amines) is 1. The molecule has 1 unspecified atom stereocenters. The molecule has 4 aromatic rings. The van der Waals surface area contributed by atoms with E-state index >= 15 is 4.39 Å². The molecule has 10 nitrogen and oxygen atoms in total. The Balaban J connectivity index is 1.31. The van der Waals surface area contributed by atoms with Crippen molar-refractivity contribution in [1.82, 2.24) is 19.4 Å². The molecule has 0 saturated carbocycles. The van der Waals surface area contributed by atoms with Crippen molar-refractivity contribution in [2.24, 2.45) is 5.92 Å². The normalized spacial score (nSPS) is 14.8. The predicted octanol–water partition coefficient (Wildman–Crippen LogP) is 6.80. The minimum Gasteiger partial charge on any atom is -0.444 e. The molecule has 1 amide bonds. The smallest absolute Gasteiger partial charge is 0.410 e. The van der Waals surface area contributed by atoms with Crippen LogP contribution >= 0.6 is 0 Å².